The van der Waals surface area contributed by atoms with Crippen molar-refractivity contribution in [1.82, 2.24) is 4.90 Å². The van der Waals surface area contributed by atoms with Crippen molar-refractivity contribution in [3.8, 4) is 0 Å². The van der Waals surface area contributed by atoms with Crippen LogP contribution < -0.4 is 5.32 Å². The summed E-state index contributed by atoms with van der Waals surface area (Å²) in [5.74, 6) is -0.621. The minimum Gasteiger partial charge on any atom is -0.381 e. The molecule has 0 aliphatic carbocycles. The quantitative estimate of drug-likeness (QED) is 0.426. The second-order valence-corrected chi connectivity index (χ2v) is 7.77. The summed E-state index contributed by atoms with van der Waals surface area (Å²) < 4.78 is 5.57. The number of unbranched alkanes of at least 4 members (excludes halogenated alkanes) is 1. The van der Waals surface area contributed by atoms with Gasteiger partial charge in [0.25, 0.3) is 11.8 Å². The maximum absolute atomic E-state index is 13.2. The van der Waals surface area contributed by atoms with E-state index in [0.29, 0.717) is 42.3 Å². The van der Waals surface area contributed by atoms with Crippen LogP contribution in [0, 0.1) is 6.92 Å². The zero-order valence-electron chi connectivity index (χ0n) is 17.4. The number of nitrogens with zero attached hydrogens (tertiary/aromatic N) is 1. The zero-order valence-corrected chi connectivity index (χ0v) is 18.2. The highest BCUT2D eigenvalue weighted by molar-refractivity contribution is 6.36. The van der Waals surface area contributed by atoms with Crippen LogP contribution in [0.5, 0.6) is 0 Å². The van der Waals surface area contributed by atoms with Gasteiger partial charge in [0.2, 0.25) is 0 Å². The van der Waals surface area contributed by atoms with Gasteiger partial charge in [-0.05, 0) is 49.6 Å². The molecule has 6 heteroatoms. The Balaban J connectivity index is 1.81. The maximum atomic E-state index is 13.2. The van der Waals surface area contributed by atoms with Crippen molar-refractivity contribution in [1.29, 1.82) is 0 Å². The first-order chi connectivity index (χ1) is 14.5. The Labute approximate surface area is 182 Å². The molecule has 3 rings (SSSR count). The summed E-state index contributed by atoms with van der Waals surface area (Å²) >= 11 is 6.01. The molecule has 2 amide bonds. The molecule has 1 aliphatic rings. The van der Waals surface area contributed by atoms with E-state index in [-0.39, 0.29) is 17.5 Å². The van der Waals surface area contributed by atoms with Gasteiger partial charge >= 0.3 is 0 Å². The van der Waals surface area contributed by atoms with Crippen LogP contribution in [0.1, 0.15) is 37.3 Å². The number of nitrogens with one attached hydrogen (secondary N) is 1. The van der Waals surface area contributed by atoms with Crippen molar-refractivity contribution in [2.75, 3.05) is 25.1 Å². The number of carbonyl (C=O) groups is 2. The number of amides is 2. The summed E-state index contributed by atoms with van der Waals surface area (Å²) in [4.78, 5) is 27.6. The molecule has 0 spiro atoms. The highest BCUT2D eigenvalue weighted by atomic mass is 35.5. The minimum atomic E-state index is -0.320. The molecule has 1 N–H and O–H groups in total. The third-order valence-electron chi connectivity index (χ3n) is 4.93. The number of carbonyl (C=O) groups excluding carboxylic acids is 2. The van der Waals surface area contributed by atoms with Gasteiger partial charge in [0, 0.05) is 30.5 Å². The average molecular weight is 427 g/mol. The Morgan fingerprint density at radius 2 is 1.60 bits per heavy atom. The van der Waals surface area contributed by atoms with Gasteiger partial charge in [-0.25, -0.2) is 0 Å². The Bertz CT molecular complexity index is 920. The van der Waals surface area contributed by atoms with E-state index in [4.69, 9.17) is 16.3 Å². The van der Waals surface area contributed by atoms with Crippen molar-refractivity contribution >= 4 is 34.7 Å². The lowest BCUT2D eigenvalue weighted by molar-refractivity contribution is -0.137. The first kappa shape index (κ1) is 22.1. The van der Waals surface area contributed by atoms with Crippen LogP contribution in [0.15, 0.2) is 54.2 Å². The third kappa shape index (κ3) is 5.29. The van der Waals surface area contributed by atoms with Gasteiger partial charge < -0.3 is 10.1 Å². The molecule has 2 aromatic carbocycles. The normalized spacial score (nSPS) is 14.0. The van der Waals surface area contributed by atoms with Crippen LogP contribution in [0.4, 0.5) is 5.69 Å². The summed E-state index contributed by atoms with van der Waals surface area (Å²) in [6.45, 7) is 5.65. The fourth-order valence-electron chi connectivity index (χ4n) is 3.23. The van der Waals surface area contributed by atoms with E-state index in [0.717, 1.165) is 24.1 Å². The molecular formula is C24H27ClN2O3. The van der Waals surface area contributed by atoms with Crippen LogP contribution in [0.2, 0.25) is 5.02 Å². The molecule has 158 valence electrons. The summed E-state index contributed by atoms with van der Waals surface area (Å²) in [6.07, 6.45) is 2.69. The van der Waals surface area contributed by atoms with Gasteiger partial charge in [0.05, 0.1) is 5.57 Å². The van der Waals surface area contributed by atoms with Crippen molar-refractivity contribution in [3.05, 3.63) is 70.4 Å². The molecule has 1 heterocycles. The molecule has 0 saturated carbocycles. The van der Waals surface area contributed by atoms with E-state index in [9.17, 15) is 9.59 Å². The lowest BCUT2D eigenvalue weighted by atomic mass is 10.0. The van der Waals surface area contributed by atoms with E-state index in [1.807, 2.05) is 31.2 Å². The highest BCUT2D eigenvalue weighted by Crippen LogP contribution is 2.31. The fraction of sp³-hybridized carbons (Fsp3) is 0.333. The van der Waals surface area contributed by atoms with Crippen LogP contribution >= 0.6 is 11.6 Å². The molecule has 5 nitrogen and oxygen atoms in total. The van der Waals surface area contributed by atoms with Gasteiger partial charge in [-0.1, -0.05) is 54.8 Å². The van der Waals surface area contributed by atoms with E-state index in [1.165, 1.54) is 4.90 Å². The molecule has 0 aromatic heterocycles. The smallest absolute Gasteiger partial charge is 0.278 e. The topological polar surface area (TPSA) is 58.6 Å². The van der Waals surface area contributed by atoms with Crippen LogP contribution in [0.25, 0.3) is 5.57 Å². The molecule has 0 fully saturated rings. The predicted molar refractivity (Wildman–Crippen MR) is 120 cm³/mol. The number of benzene rings is 2. The molecule has 0 atom stereocenters. The number of hydrogen-bond acceptors (Lipinski definition) is 4. The summed E-state index contributed by atoms with van der Waals surface area (Å²) in [7, 11) is 0. The molecule has 30 heavy (non-hydrogen) atoms. The Morgan fingerprint density at radius 1 is 0.933 bits per heavy atom. The van der Waals surface area contributed by atoms with E-state index < -0.39 is 0 Å². The van der Waals surface area contributed by atoms with Crippen LogP contribution in [0.3, 0.4) is 0 Å². The number of halogens is 1. The van der Waals surface area contributed by atoms with Crippen molar-refractivity contribution in [2.24, 2.45) is 0 Å². The van der Waals surface area contributed by atoms with Gasteiger partial charge in [-0.3, -0.25) is 14.5 Å². The Morgan fingerprint density at radius 3 is 2.27 bits per heavy atom. The first-order valence-corrected chi connectivity index (χ1v) is 10.7. The van der Waals surface area contributed by atoms with Gasteiger partial charge in [0.1, 0.15) is 5.70 Å². The second-order valence-electron chi connectivity index (χ2n) is 7.33. The number of aryl methyl sites for hydroxylation is 1. The van der Waals surface area contributed by atoms with Gasteiger partial charge in [-0.2, -0.15) is 0 Å². The molecule has 0 saturated heterocycles. The SMILES string of the molecule is CCCCOCCCN1C(=O)C(Nc2ccc(C)cc2)=C(c2ccc(Cl)cc2)C1=O. The molecule has 1 aliphatic heterocycles. The molecular weight excluding hydrogens is 400 g/mol. The lowest BCUT2D eigenvalue weighted by Crippen LogP contribution is -2.34. The van der Waals surface area contributed by atoms with E-state index in [1.54, 1.807) is 24.3 Å². The number of hydrogen-bond donors (Lipinski definition) is 1. The van der Waals surface area contributed by atoms with Gasteiger partial charge in [0.15, 0.2) is 0 Å². The standard InChI is InChI=1S/C24H27ClN2O3/c1-3-4-15-30-16-5-14-27-23(28)21(18-8-10-19(25)11-9-18)22(24(27)29)26-20-12-6-17(2)7-13-20/h6-13,26H,3-5,14-16H2,1-2H3. The van der Waals surface area contributed by atoms with Crippen molar-refractivity contribution in [2.45, 2.75) is 33.1 Å². The predicted octanol–water partition coefficient (Wildman–Crippen LogP) is 5.05. The number of ether oxygens (including phenoxy) is 1. The van der Waals surface area contributed by atoms with E-state index >= 15 is 0 Å². The summed E-state index contributed by atoms with van der Waals surface area (Å²) in [5.41, 5.74) is 3.19. The second kappa shape index (κ2) is 10.4. The van der Waals surface area contributed by atoms with Crippen LogP contribution in [-0.2, 0) is 14.3 Å². The van der Waals surface area contributed by atoms with Gasteiger partial charge in [-0.15, -0.1) is 0 Å². The van der Waals surface area contributed by atoms with E-state index in [2.05, 4.69) is 12.2 Å². The maximum Gasteiger partial charge on any atom is 0.278 e. The number of anilines is 1. The largest absolute Gasteiger partial charge is 0.381 e. The lowest BCUT2D eigenvalue weighted by Gasteiger charge is -2.15. The number of rotatable bonds is 10. The first-order valence-electron chi connectivity index (χ1n) is 10.3. The summed E-state index contributed by atoms with van der Waals surface area (Å²) in [6, 6.07) is 14.7. The molecule has 0 unspecified atom stereocenters. The molecule has 0 bridgehead atoms. The monoisotopic (exact) mass is 426 g/mol. The zero-order chi connectivity index (χ0) is 21.5. The third-order valence-corrected chi connectivity index (χ3v) is 5.19. The summed E-state index contributed by atoms with van der Waals surface area (Å²) in [5, 5.41) is 3.74. The van der Waals surface area contributed by atoms with Crippen molar-refractivity contribution < 1.29 is 14.3 Å². The fourth-order valence-corrected chi connectivity index (χ4v) is 3.36. The van der Waals surface area contributed by atoms with Crippen molar-refractivity contribution in [3.63, 3.8) is 0 Å². The van der Waals surface area contributed by atoms with Crippen LogP contribution in [-0.4, -0.2) is 36.5 Å². The Hall–Kier alpha value is -2.63. The minimum absolute atomic E-state index is 0.290. The average Bonchev–Trinajstić information content (AvgIpc) is 2.97. The Kier molecular flexibility index (Phi) is 7.66. The highest BCUT2D eigenvalue weighted by Gasteiger charge is 2.38. The molecule has 0 radical (unpaired) electrons. The number of imide groups is 1. The molecule has 2 aromatic rings.